The Kier molecular flexibility index (Phi) is 8.23. The van der Waals surface area contributed by atoms with Crippen LogP contribution >= 0.6 is 0 Å². The van der Waals surface area contributed by atoms with Gasteiger partial charge in [0.2, 0.25) is 17.7 Å². The van der Waals surface area contributed by atoms with Crippen LogP contribution in [0.4, 0.5) is 30.4 Å². The van der Waals surface area contributed by atoms with Crippen LogP contribution in [0.3, 0.4) is 0 Å². The summed E-state index contributed by atoms with van der Waals surface area (Å²) < 4.78 is 42.5. The number of nitrogens with one attached hydrogen (secondary N) is 2. The smallest absolute Gasteiger partial charge is 0.422 e. The van der Waals surface area contributed by atoms with E-state index in [1.807, 2.05) is 19.0 Å². The number of likely N-dealkylation sites (N-methyl/N-ethyl adjacent to an activating group) is 2. The van der Waals surface area contributed by atoms with Crippen molar-refractivity contribution in [3.05, 3.63) is 18.7 Å². The lowest BCUT2D eigenvalue weighted by atomic mass is 10.3. The molecule has 2 amide bonds. The molecule has 0 fully saturated rings. The molecule has 11 heteroatoms. The molecule has 0 saturated carbocycles. The van der Waals surface area contributed by atoms with E-state index in [4.69, 9.17) is 4.74 Å². The van der Waals surface area contributed by atoms with E-state index >= 15 is 0 Å². The van der Waals surface area contributed by atoms with Crippen LogP contribution in [-0.4, -0.2) is 68.7 Å². The molecule has 0 unspecified atom stereocenters. The van der Waals surface area contributed by atoms with Crippen molar-refractivity contribution >= 4 is 29.0 Å². The number of halogens is 3. The molecule has 2 N–H and O–H groups in total. The third-order valence-corrected chi connectivity index (χ3v) is 3.34. The quantitative estimate of drug-likeness (QED) is 0.614. The second-order valence-electron chi connectivity index (χ2n) is 6.22. The average Bonchev–Trinajstić information content (AvgIpc) is 2.57. The lowest BCUT2D eigenvalue weighted by molar-refractivity contribution is -0.153. The van der Waals surface area contributed by atoms with Crippen LogP contribution < -0.4 is 20.3 Å². The zero-order valence-corrected chi connectivity index (χ0v) is 16.2. The van der Waals surface area contributed by atoms with Gasteiger partial charge in [0, 0.05) is 27.1 Å². The average molecular weight is 403 g/mol. The minimum atomic E-state index is -4.58. The molecule has 0 spiro atoms. The Hall–Kier alpha value is -2.82. The monoisotopic (exact) mass is 403 g/mol. The van der Waals surface area contributed by atoms with E-state index < -0.39 is 30.5 Å². The number of ether oxygens (including phenoxy) is 1. The van der Waals surface area contributed by atoms with E-state index in [1.54, 1.807) is 11.9 Å². The minimum Gasteiger partial charge on any atom is -0.466 e. The number of hydrogen-bond acceptors (Lipinski definition) is 6. The summed E-state index contributed by atoms with van der Waals surface area (Å²) in [6, 6.07) is 1.29. The first-order chi connectivity index (χ1) is 12.9. The number of aromatic nitrogens is 1. The predicted molar refractivity (Wildman–Crippen MR) is 101 cm³/mol. The molecule has 0 aliphatic rings. The Balaban J connectivity index is 3.38. The molecule has 0 radical (unpaired) electrons. The molecule has 0 aliphatic carbocycles. The van der Waals surface area contributed by atoms with Gasteiger partial charge in [-0.25, -0.2) is 0 Å². The molecule has 1 rings (SSSR count). The number of carbonyl (C=O) groups is 2. The van der Waals surface area contributed by atoms with Crippen molar-refractivity contribution < 1.29 is 27.5 Å². The number of amides is 2. The Bertz CT molecular complexity index is 723. The van der Waals surface area contributed by atoms with Gasteiger partial charge in [-0.3, -0.25) is 9.59 Å². The molecule has 0 saturated heterocycles. The van der Waals surface area contributed by atoms with E-state index in [0.29, 0.717) is 13.1 Å². The summed E-state index contributed by atoms with van der Waals surface area (Å²) in [5.74, 6) is -1.30. The van der Waals surface area contributed by atoms with E-state index in [0.717, 1.165) is 6.08 Å². The van der Waals surface area contributed by atoms with Crippen molar-refractivity contribution in [1.29, 1.82) is 0 Å². The van der Waals surface area contributed by atoms with Gasteiger partial charge in [0.15, 0.2) is 12.4 Å². The van der Waals surface area contributed by atoms with Crippen molar-refractivity contribution in [2.75, 3.05) is 56.4 Å². The summed E-state index contributed by atoms with van der Waals surface area (Å²) in [7, 11) is 5.39. The largest absolute Gasteiger partial charge is 0.466 e. The van der Waals surface area contributed by atoms with Crippen LogP contribution in [0, 0.1) is 0 Å². The summed E-state index contributed by atoms with van der Waals surface area (Å²) in [5, 5.41) is 4.90. The number of anilines is 3. The van der Waals surface area contributed by atoms with Gasteiger partial charge in [0.25, 0.3) is 0 Å². The van der Waals surface area contributed by atoms with Gasteiger partial charge in [-0.2, -0.15) is 18.2 Å². The normalized spacial score (nSPS) is 11.1. The van der Waals surface area contributed by atoms with E-state index in [-0.39, 0.29) is 17.2 Å². The molecule has 1 aromatic rings. The fraction of sp³-hybridized carbons (Fsp3) is 0.471. The standard InChI is InChI=1S/C17H24F3N5O3/c1-6-14(27)22-12-9-13(21-11(2)26)16(28-10-17(18,19)20)23-15(12)25(5)8-7-24(3)4/h6,9H,1,7-8,10H2,2-5H3,(H,21,26)(H,22,27). The Morgan fingerprint density at radius 1 is 1.21 bits per heavy atom. The number of rotatable bonds is 9. The van der Waals surface area contributed by atoms with Crippen LogP contribution in [0.25, 0.3) is 0 Å². The maximum atomic E-state index is 12.6. The number of carbonyl (C=O) groups excluding carboxylic acids is 2. The highest BCUT2D eigenvalue weighted by Gasteiger charge is 2.30. The lowest BCUT2D eigenvalue weighted by Gasteiger charge is -2.25. The maximum absolute atomic E-state index is 12.6. The summed E-state index contributed by atoms with van der Waals surface area (Å²) in [6.07, 6.45) is -3.54. The fourth-order valence-electron chi connectivity index (χ4n) is 2.05. The van der Waals surface area contributed by atoms with Gasteiger partial charge in [0.05, 0.1) is 5.69 Å². The first-order valence-corrected chi connectivity index (χ1v) is 8.24. The van der Waals surface area contributed by atoms with Crippen molar-refractivity contribution in [3.8, 4) is 5.88 Å². The van der Waals surface area contributed by atoms with Crippen molar-refractivity contribution in [3.63, 3.8) is 0 Å². The number of nitrogens with zero attached hydrogens (tertiary/aromatic N) is 3. The summed E-state index contributed by atoms with van der Waals surface area (Å²) in [6.45, 7) is 4.06. The SMILES string of the molecule is C=CC(=O)Nc1cc(NC(C)=O)c(OCC(F)(F)F)nc1N(C)CCN(C)C. The van der Waals surface area contributed by atoms with E-state index in [9.17, 15) is 22.8 Å². The third kappa shape index (κ3) is 7.82. The van der Waals surface area contributed by atoms with E-state index in [1.165, 1.54) is 13.0 Å². The first-order valence-electron chi connectivity index (χ1n) is 8.24. The first kappa shape index (κ1) is 23.2. The van der Waals surface area contributed by atoms with Crippen molar-refractivity contribution in [1.82, 2.24) is 9.88 Å². The van der Waals surface area contributed by atoms with Gasteiger partial charge in [-0.05, 0) is 26.2 Å². The summed E-state index contributed by atoms with van der Waals surface area (Å²) in [4.78, 5) is 30.8. The van der Waals surface area contributed by atoms with Crippen LogP contribution in [0.1, 0.15) is 6.92 Å². The highest BCUT2D eigenvalue weighted by atomic mass is 19.4. The Morgan fingerprint density at radius 2 is 1.86 bits per heavy atom. The van der Waals surface area contributed by atoms with Crippen LogP contribution in [0.5, 0.6) is 5.88 Å². The molecular weight excluding hydrogens is 379 g/mol. The van der Waals surface area contributed by atoms with E-state index in [2.05, 4.69) is 22.2 Å². The molecular formula is C17H24F3N5O3. The number of alkyl halides is 3. The van der Waals surface area contributed by atoms with Gasteiger partial charge in [-0.15, -0.1) is 0 Å². The summed E-state index contributed by atoms with van der Waals surface area (Å²) >= 11 is 0. The zero-order valence-electron chi connectivity index (χ0n) is 16.2. The highest BCUT2D eigenvalue weighted by molar-refractivity contribution is 6.02. The lowest BCUT2D eigenvalue weighted by Crippen LogP contribution is -2.30. The number of pyridine rings is 1. The number of hydrogen-bond donors (Lipinski definition) is 2. The second kappa shape index (κ2) is 9.93. The van der Waals surface area contributed by atoms with Crippen LogP contribution in [0.15, 0.2) is 18.7 Å². The minimum absolute atomic E-state index is 0.0964. The van der Waals surface area contributed by atoms with Gasteiger partial charge in [0.1, 0.15) is 5.69 Å². The molecule has 0 aromatic carbocycles. The molecule has 0 aliphatic heterocycles. The van der Waals surface area contributed by atoms with Gasteiger partial charge in [-0.1, -0.05) is 6.58 Å². The molecule has 156 valence electrons. The van der Waals surface area contributed by atoms with Crippen LogP contribution in [0.2, 0.25) is 0 Å². The Morgan fingerprint density at radius 3 is 2.36 bits per heavy atom. The van der Waals surface area contributed by atoms with Crippen molar-refractivity contribution in [2.45, 2.75) is 13.1 Å². The predicted octanol–water partition coefficient (Wildman–Crippen LogP) is 2.10. The summed E-state index contributed by atoms with van der Waals surface area (Å²) in [5.41, 5.74) is 0.0927. The molecule has 28 heavy (non-hydrogen) atoms. The second-order valence-corrected chi connectivity index (χ2v) is 6.22. The highest BCUT2D eigenvalue weighted by Crippen LogP contribution is 2.34. The van der Waals surface area contributed by atoms with Gasteiger partial charge >= 0.3 is 6.18 Å². The Labute approximate surface area is 161 Å². The molecule has 0 bridgehead atoms. The zero-order chi connectivity index (χ0) is 21.5. The van der Waals surface area contributed by atoms with Gasteiger partial charge < -0.3 is 25.2 Å². The van der Waals surface area contributed by atoms with Crippen LogP contribution in [-0.2, 0) is 9.59 Å². The molecule has 1 heterocycles. The topological polar surface area (TPSA) is 86.8 Å². The van der Waals surface area contributed by atoms with Crippen molar-refractivity contribution in [2.24, 2.45) is 0 Å². The maximum Gasteiger partial charge on any atom is 0.422 e. The third-order valence-electron chi connectivity index (χ3n) is 3.34. The molecule has 0 atom stereocenters. The fourth-order valence-corrected chi connectivity index (χ4v) is 2.05. The molecule has 8 nitrogen and oxygen atoms in total. The molecule has 1 aromatic heterocycles.